The van der Waals surface area contributed by atoms with E-state index >= 15 is 0 Å². The molecule has 0 heterocycles. The van der Waals surface area contributed by atoms with Gasteiger partial charge in [-0.15, -0.1) is 0 Å². The fourth-order valence-corrected chi connectivity index (χ4v) is 3.92. The summed E-state index contributed by atoms with van der Waals surface area (Å²) in [6.07, 6.45) is 2.84. The van der Waals surface area contributed by atoms with Gasteiger partial charge in [-0.1, -0.05) is 30.1 Å². The number of sulfonamides is 1. The van der Waals surface area contributed by atoms with E-state index in [0.29, 0.717) is 10.9 Å². The fourth-order valence-electron chi connectivity index (χ4n) is 2.25. The van der Waals surface area contributed by atoms with E-state index in [4.69, 9.17) is 23.2 Å². The molecule has 18 heavy (non-hydrogen) atoms. The molecule has 0 amide bonds. The van der Waals surface area contributed by atoms with Crippen molar-refractivity contribution < 1.29 is 8.42 Å². The average molecular weight is 308 g/mol. The van der Waals surface area contributed by atoms with Crippen LogP contribution in [0.5, 0.6) is 0 Å². The van der Waals surface area contributed by atoms with Gasteiger partial charge < -0.3 is 0 Å². The Bertz CT molecular complexity index is 545. The summed E-state index contributed by atoms with van der Waals surface area (Å²) in [4.78, 5) is 0.163. The van der Waals surface area contributed by atoms with Crippen LogP contribution in [0.2, 0.25) is 10.0 Å². The normalized spacial score (nSPS) is 24.4. The van der Waals surface area contributed by atoms with E-state index in [1.54, 1.807) is 0 Å². The highest BCUT2D eigenvalue weighted by molar-refractivity contribution is 7.89. The van der Waals surface area contributed by atoms with E-state index in [2.05, 4.69) is 11.6 Å². The minimum atomic E-state index is -3.50. The monoisotopic (exact) mass is 307 g/mol. The molecule has 1 aromatic rings. The zero-order valence-electron chi connectivity index (χ0n) is 9.99. The van der Waals surface area contributed by atoms with Crippen LogP contribution in [0.15, 0.2) is 23.1 Å². The first-order valence-corrected chi connectivity index (χ1v) is 8.10. The summed E-state index contributed by atoms with van der Waals surface area (Å²) in [6.45, 7) is 2.13. The van der Waals surface area contributed by atoms with Crippen LogP contribution in [0.1, 0.15) is 26.2 Å². The number of hydrogen-bond acceptors (Lipinski definition) is 2. The molecule has 1 saturated carbocycles. The van der Waals surface area contributed by atoms with Crippen molar-refractivity contribution in [1.29, 1.82) is 0 Å². The van der Waals surface area contributed by atoms with E-state index in [1.807, 2.05) is 0 Å². The molecule has 0 saturated heterocycles. The molecule has 0 aliphatic heterocycles. The SMILES string of the molecule is CC1CCC(NS(=O)(=O)c2ccc(Cl)c(Cl)c2)C1. The molecule has 3 nitrogen and oxygen atoms in total. The molecular weight excluding hydrogens is 293 g/mol. The number of rotatable bonds is 3. The van der Waals surface area contributed by atoms with Gasteiger partial charge in [-0.05, 0) is 43.4 Å². The van der Waals surface area contributed by atoms with E-state index in [0.717, 1.165) is 19.3 Å². The van der Waals surface area contributed by atoms with Crippen molar-refractivity contribution in [2.24, 2.45) is 5.92 Å². The molecule has 0 bridgehead atoms. The molecule has 2 atom stereocenters. The second-order valence-electron chi connectivity index (χ2n) is 4.81. The van der Waals surface area contributed by atoms with Crippen molar-refractivity contribution in [3.8, 4) is 0 Å². The standard InChI is InChI=1S/C12H15Cl2NO2S/c1-8-2-3-9(6-8)15-18(16,17)10-4-5-11(13)12(14)7-10/h4-5,7-9,15H,2-3,6H2,1H3. The zero-order chi connectivity index (χ0) is 13.3. The van der Waals surface area contributed by atoms with Gasteiger partial charge in [-0.3, -0.25) is 0 Å². The number of benzene rings is 1. The summed E-state index contributed by atoms with van der Waals surface area (Å²) >= 11 is 11.6. The molecule has 0 radical (unpaired) electrons. The average Bonchev–Trinajstić information content (AvgIpc) is 2.67. The van der Waals surface area contributed by atoms with E-state index < -0.39 is 10.0 Å². The Morgan fingerprint density at radius 1 is 1.22 bits per heavy atom. The summed E-state index contributed by atoms with van der Waals surface area (Å²) < 4.78 is 27.0. The lowest BCUT2D eigenvalue weighted by atomic mass is 10.1. The summed E-state index contributed by atoms with van der Waals surface area (Å²) in [5.74, 6) is 0.575. The summed E-state index contributed by atoms with van der Waals surface area (Å²) in [5, 5.41) is 0.601. The molecule has 1 aliphatic carbocycles. The lowest BCUT2D eigenvalue weighted by Gasteiger charge is -2.13. The van der Waals surface area contributed by atoms with Crippen LogP contribution in [0.3, 0.4) is 0 Å². The van der Waals surface area contributed by atoms with Crippen LogP contribution in [0.25, 0.3) is 0 Å². The quantitative estimate of drug-likeness (QED) is 0.929. The second kappa shape index (κ2) is 5.37. The third-order valence-electron chi connectivity index (χ3n) is 3.22. The fraction of sp³-hybridized carbons (Fsp3) is 0.500. The predicted molar refractivity (Wildman–Crippen MR) is 73.6 cm³/mol. The molecule has 0 aromatic heterocycles. The van der Waals surface area contributed by atoms with Gasteiger partial charge in [0.05, 0.1) is 14.9 Å². The molecule has 1 fully saturated rings. The Labute approximate surface area is 118 Å². The second-order valence-corrected chi connectivity index (χ2v) is 7.34. The van der Waals surface area contributed by atoms with Crippen LogP contribution in [0, 0.1) is 5.92 Å². The Morgan fingerprint density at radius 3 is 2.50 bits per heavy atom. The van der Waals surface area contributed by atoms with E-state index in [1.165, 1.54) is 18.2 Å². The Hall–Kier alpha value is -0.290. The molecule has 2 rings (SSSR count). The molecule has 2 unspecified atom stereocenters. The van der Waals surface area contributed by atoms with E-state index in [-0.39, 0.29) is 16.0 Å². The van der Waals surface area contributed by atoms with Crippen LogP contribution < -0.4 is 4.72 Å². The van der Waals surface area contributed by atoms with Crippen molar-refractivity contribution in [2.45, 2.75) is 37.1 Å². The molecule has 100 valence electrons. The van der Waals surface area contributed by atoms with Gasteiger partial charge in [0.25, 0.3) is 0 Å². The summed E-state index contributed by atoms with van der Waals surface area (Å²) in [6, 6.07) is 4.37. The van der Waals surface area contributed by atoms with Crippen molar-refractivity contribution in [3.63, 3.8) is 0 Å². The lowest BCUT2D eigenvalue weighted by molar-refractivity contribution is 0.538. The molecule has 0 spiro atoms. The highest BCUT2D eigenvalue weighted by Crippen LogP contribution is 2.28. The van der Waals surface area contributed by atoms with Gasteiger partial charge >= 0.3 is 0 Å². The molecular formula is C12H15Cl2NO2S. The van der Waals surface area contributed by atoms with Crippen molar-refractivity contribution >= 4 is 33.2 Å². The van der Waals surface area contributed by atoms with Crippen LogP contribution in [-0.2, 0) is 10.0 Å². The smallest absolute Gasteiger partial charge is 0.208 e. The Balaban J connectivity index is 2.17. The Morgan fingerprint density at radius 2 is 1.94 bits per heavy atom. The highest BCUT2D eigenvalue weighted by Gasteiger charge is 2.26. The van der Waals surface area contributed by atoms with Gasteiger partial charge in [-0.25, -0.2) is 13.1 Å². The highest BCUT2D eigenvalue weighted by atomic mass is 35.5. The Kier molecular flexibility index (Phi) is 4.22. The molecule has 6 heteroatoms. The van der Waals surface area contributed by atoms with Gasteiger partial charge in [0, 0.05) is 6.04 Å². The first-order valence-electron chi connectivity index (χ1n) is 5.86. The summed E-state index contributed by atoms with van der Waals surface area (Å²) in [7, 11) is -3.50. The largest absolute Gasteiger partial charge is 0.240 e. The van der Waals surface area contributed by atoms with Gasteiger partial charge in [0.1, 0.15) is 0 Å². The first kappa shape index (κ1) is 14.1. The first-order chi connectivity index (χ1) is 8.38. The maximum atomic E-state index is 12.1. The maximum absolute atomic E-state index is 12.1. The third kappa shape index (κ3) is 3.18. The van der Waals surface area contributed by atoms with Gasteiger partial charge in [-0.2, -0.15) is 0 Å². The molecule has 1 aromatic carbocycles. The lowest BCUT2D eigenvalue weighted by Crippen LogP contribution is -2.32. The predicted octanol–water partition coefficient (Wildman–Crippen LogP) is 3.46. The van der Waals surface area contributed by atoms with Crippen LogP contribution in [-0.4, -0.2) is 14.5 Å². The molecule has 1 N–H and O–H groups in total. The minimum absolute atomic E-state index is 0.0273. The van der Waals surface area contributed by atoms with Crippen molar-refractivity contribution in [2.75, 3.05) is 0 Å². The number of hydrogen-bond donors (Lipinski definition) is 1. The minimum Gasteiger partial charge on any atom is -0.208 e. The van der Waals surface area contributed by atoms with Crippen molar-refractivity contribution in [1.82, 2.24) is 4.72 Å². The zero-order valence-corrected chi connectivity index (χ0v) is 12.3. The van der Waals surface area contributed by atoms with Crippen LogP contribution >= 0.6 is 23.2 Å². The van der Waals surface area contributed by atoms with Crippen molar-refractivity contribution in [3.05, 3.63) is 28.2 Å². The number of halogens is 2. The van der Waals surface area contributed by atoms with Gasteiger partial charge in [0.2, 0.25) is 10.0 Å². The molecule has 1 aliphatic rings. The van der Waals surface area contributed by atoms with E-state index in [9.17, 15) is 8.42 Å². The third-order valence-corrected chi connectivity index (χ3v) is 5.48. The van der Waals surface area contributed by atoms with Gasteiger partial charge in [0.15, 0.2) is 0 Å². The maximum Gasteiger partial charge on any atom is 0.240 e. The topological polar surface area (TPSA) is 46.2 Å². The number of nitrogens with one attached hydrogen (secondary N) is 1. The van der Waals surface area contributed by atoms with Crippen LogP contribution in [0.4, 0.5) is 0 Å². The summed E-state index contributed by atoms with van der Waals surface area (Å²) in [5.41, 5.74) is 0.